The zero-order chi connectivity index (χ0) is 55.5. The second-order valence-corrected chi connectivity index (χ2v) is 24.7. The third-order valence-electron chi connectivity index (χ3n) is 16.7. The van der Waals surface area contributed by atoms with Gasteiger partial charge in [-0.1, -0.05) is 278 Å². The summed E-state index contributed by atoms with van der Waals surface area (Å²) >= 11 is 0. The van der Waals surface area contributed by atoms with Crippen molar-refractivity contribution >= 4 is 0 Å². The Balaban J connectivity index is 4.70. The predicted molar refractivity (Wildman–Crippen MR) is 333 cm³/mol. The van der Waals surface area contributed by atoms with Gasteiger partial charge in [-0.2, -0.15) is 0 Å². The van der Waals surface area contributed by atoms with Crippen LogP contribution in [0.1, 0.15) is 342 Å². The smallest absolute Gasteiger partial charge is 0.0664 e. The molecule has 0 heterocycles. The molecular formula is C67H140N4O5. The maximum atomic E-state index is 11.7. The van der Waals surface area contributed by atoms with Crippen LogP contribution in [0.3, 0.4) is 0 Å². The molecule has 5 atom stereocenters. The number of aliphatic hydroxyl groups excluding tert-OH is 5. The standard InChI is InChI=1S/C67H140N4O5/c1-5-9-13-17-21-26-32-38-45-62(72)57-67(58-63(73)46-39-33-27-22-18-14-10-6-2,59-64(74)47-40-34-28-23-19-15-11-7-3)50-43-37-31-25-30-36-42-49-66(76)61-71-56-54-69-52-44-51-68-53-55-70-60-65(75)48-41-35-29-24-20-16-12-8-4/h62-66,68-76H,5-61H2,1-4H3. The minimum Gasteiger partial charge on any atom is -0.393 e. The summed E-state index contributed by atoms with van der Waals surface area (Å²) in [5.41, 5.74) is -0.229. The van der Waals surface area contributed by atoms with Gasteiger partial charge in [0.05, 0.1) is 30.5 Å². The predicted octanol–water partition coefficient (Wildman–Crippen LogP) is 16.3. The Morgan fingerprint density at radius 1 is 0.237 bits per heavy atom. The first-order valence-electron chi connectivity index (χ1n) is 34.4. The van der Waals surface area contributed by atoms with Gasteiger partial charge >= 0.3 is 0 Å². The van der Waals surface area contributed by atoms with E-state index in [1.165, 1.54) is 199 Å². The highest BCUT2D eigenvalue weighted by molar-refractivity contribution is 4.88. The first-order valence-corrected chi connectivity index (χ1v) is 34.4. The fraction of sp³-hybridized carbons (Fsp3) is 1.00. The van der Waals surface area contributed by atoms with Crippen LogP contribution in [0.4, 0.5) is 0 Å². The Morgan fingerprint density at radius 3 is 0.737 bits per heavy atom. The van der Waals surface area contributed by atoms with Crippen LogP contribution >= 0.6 is 0 Å². The molecule has 9 nitrogen and oxygen atoms in total. The highest BCUT2D eigenvalue weighted by atomic mass is 16.3. The van der Waals surface area contributed by atoms with Crippen molar-refractivity contribution in [2.24, 2.45) is 5.41 Å². The van der Waals surface area contributed by atoms with Crippen molar-refractivity contribution in [3.05, 3.63) is 0 Å². The minimum atomic E-state index is -0.369. The quantitative estimate of drug-likeness (QED) is 0.0271. The van der Waals surface area contributed by atoms with E-state index in [9.17, 15) is 25.5 Å². The average molecular weight is 1080 g/mol. The first kappa shape index (κ1) is 75.6. The maximum Gasteiger partial charge on any atom is 0.0664 e. The molecule has 0 bridgehead atoms. The maximum absolute atomic E-state index is 11.7. The van der Waals surface area contributed by atoms with Gasteiger partial charge in [0.1, 0.15) is 0 Å². The molecule has 0 aromatic heterocycles. The monoisotopic (exact) mass is 1080 g/mol. The van der Waals surface area contributed by atoms with Crippen molar-refractivity contribution < 1.29 is 25.5 Å². The van der Waals surface area contributed by atoms with Crippen molar-refractivity contribution in [3.8, 4) is 0 Å². The minimum absolute atomic E-state index is 0.228. The molecule has 0 fully saturated rings. The van der Waals surface area contributed by atoms with Gasteiger partial charge < -0.3 is 46.8 Å². The van der Waals surface area contributed by atoms with Crippen LogP contribution in [-0.4, -0.2) is 108 Å². The molecule has 0 saturated heterocycles. The summed E-state index contributed by atoms with van der Waals surface area (Å²) in [4.78, 5) is 0. The molecular weight excluding hydrogens is 941 g/mol. The van der Waals surface area contributed by atoms with Gasteiger partial charge in [0.2, 0.25) is 0 Å². The van der Waals surface area contributed by atoms with Crippen LogP contribution < -0.4 is 21.3 Å². The molecule has 0 aromatic rings. The Hall–Kier alpha value is -0.360. The number of hydrogen-bond donors (Lipinski definition) is 9. The summed E-state index contributed by atoms with van der Waals surface area (Å²) in [6.45, 7) is 16.0. The lowest BCUT2D eigenvalue weighted by atomic mass is 9.68. The van der Waals surface area contributed by atoms with Gasteiger partial charge in [0.15, 0.2) is 0 Å². The number of aliphatic hydroxyl groups is 5. The summed E-state index contributed by atoms with van der Waals surface area (Å²) in [5.74, 6) is 0. The molecule has 0 rings (SSSR count). The van der Waals surface area contributed by atoms with Crippen LogP contribution in [0.25, 0.3) is 0 Å². The fourth-order valence-corrected chi connectivity index (χ4v) is 11.9. The summed E-state index contributed by atoms with van der Waals surface area (Å²) in [6.07, 6.45) is 55.8. The lowest BCUT2D eigenvalue weighted by molar-refractivity contribution is -0.00453. The van der Waals surface area contributed by atoms with Gasteiger partial charge in [-0.05, 0) is 82.7 Å². The summed E-state index contributed by atoms with van der Waals surface area (Å²) in [6, 6.07) is 0. The van der Waals surface area contributed by atoms with E-state index < -0.39 is 0 Å². The van der Waals surface area contributed by atoms with E-state index in [4.69, 9.17) is 0 Å². The third kappa shape index (κ3) is 55.5. The normalized spacial score (nSPS) is 14.8. The highest BCUT2D eigenvalue weighted by Gasteiger charge is 2.36. The molecule has 0 aromatic carbocycles. The van der Waals surface area contributed by atoms with Crippen LogP contribution in [0.2, 0.25) is 0 Å². The van der Waals surface area contributed by atoms with E-state index in [0.29, 0.717) is 32.4 Å². The summed E-state index contributed by atoms with van der Waals surface area (Å²) < 4.78 is 0. The second kappa shape index (κ2) is 60.7. The van der Waals surface area contributed by atoms with Gasteiger partial charge in [-0.15, -0.1) is 0 Å². The van der Waals surface area contributed by atoms with Crippen molar-refractivity contribution in [3.63, 3.8) is 0 Å². The highest BCUT2D eigenvalue weighted by Crippen LogP contribution is 2.43. The summed E-state index contributed by atoms with van der Waals surface area (Å²) in [5, 5.41) is 69.8. The largest absolute Gasteiger partial charge is 0.393 e. The second-order valence-electron chi connectivity index (χ2n) is 24.7. The zero-order valence-electron chi connectivity index (χ0n) is 51.9. The number of nitrogens with one attached hydrogen (secondary N) is 4. The molecule has 0 aliphatic heterocycles. The molecule has 9 heteroatoms. The average Bonchev–Trinajstić information content (AvgIpc) is 3.40. The topological polar surface area (TPSA) is 149 Å². The van der Waals surface area contributed by atoms with E-state index in [0.717, 1.165) is 136 Å². The Kier molecular flexibility index (Phi) is 60.4. The number of unbranched alkanes of at least 4 members (excludes halogenated alkanes) is 34. The third-order valence-corrected chi connectivity index (χ3v) is 16.7. The molecule has 76 heavy (non-hydrogen) atoms. The van der Waals surface area contributed by atoms with E-state index in [1.54, 1.807) is 0 Å². The Labute approximate surface area is 475 Å². The van der Waals surface area contributed by atoms with E-state index >= 15 is 0 Å². The number of hydrogen-bond acceptors (Lipinski definition) is 9. The van der Waals surface area contributed by atoms with Crippen molar-refractivity contribution in [1.82, 2.24) is 21.3 Å². The molecule has 5 unspecified atom stereocenters. The van der Waals surface area contributed by atoms with Crippen molar-refractivity contribution in [1.29, 1.82) is 0 Å². The van der Waals surface area contributed by atoms with Gasteiger partial charge in [-0.25, -0.2) is 0 Å². The first-order chi connectivity index (χ1) is 37.2. The Bertz CT molecular complexity index is 1020. The SMILES string of the molecule is CCCCCCCCCCC(O)CNCCNCCCNCCNCC(O)CCCCCCCCCC(CC(O)CCCCCCCCCC)(CC(O)CCCCCCCCCC)CC(O)CCCCCCCCCC. The van der Waals surface area contributed by atoms with Crippen LogP contribution in [0.15, 0.2) is 0 Å². The lowest BCUT2D eigenvalue weighted by Crippen LogP contribution is -2.35. The van der Waals surface area contributed by atoms with Crippen LogP contribution in [-0.2, 0) is 0 Å². The summed E-state index contributed by atoms with van der Waals surface area (Å²) in [7, 11) is 0. The Morgan fingerprint density at radius 2 is 0.461 bits per heavy atom. The molecule has 0 saturated carbocycles. The molecule has 0 aliphatic carbocycles. The molecule has 0 radical (unpaired) electrons. The van der Waals surface area contributed by atoms with Gasteiger partial charge in [0, 0.05) is 39.3 Å². The van der Waals surface area contributed by atoms with E-state index in [-0.39, 0.29) is 35.9 Å². The lowest BCUT2D eigenvalue weighted by Gasteiger charge is -2.39. The van der Waals surface area contributed by atoms with Crippen LogP contribution in [0.5, 0.6) is 0 Å². The van der Waals surface area contributed by atoms with Crippen molar-refractivity contribution in [2.75, 3.05) is 52.4 Å². The molecule has 0 aliphatic rings. The fourth-order valence-electron chi connectivity index (χ4n) is 11.9. The van der Waals surface area contributed by atoms with Crippen molar-refractivity contribution in [2.45, 2.75) is 373 Å². The van der Waals surface area contributed by atoms with Gasteiger partial charge in [0.25, 0.3) is 0 Å². The van der Waals surface area contributed by atoms with E-state index in [2.05, 4.69) is 49.0 Å². The van der Waals surface area contributed by atoms with Crippen LogP contribution in [0, 0.1) is 5.41 Å². The number of rotatable bonds is 66. The molecule has 458 valence electrons. The van der Waals surface area contributed by atoms with Gasteiger partial charge in [-0.3, -0.25) is 0 Å². The molecule has 0 amide bonds. The van der Waals surface area contributed by atoms with E-state index in [1.807, 2.05) is 0 Å². The zero-order valence-corrected chi connectivity index (χ0v) is 51.9. The molecule has 0 spiro atoms. The molecule has 9 N–H and O–H groups in total.